The summed E-state index contributed by atoms with van der Waals surface area (Å²) in [5.41, 5.74) is 0.914. The van der Waals surface area contributed by atoms with Gasteiger partial charge in [0.2, 0.25) is 5.95 Å². The molecule has 1 amide bonds. The molecule has 2 saturated heterocycles. The molecular weight excluding hydrogens is 401 g/mol. The van der Waals surface area contributed by atoms with E-state index in [-0.39, 0.29) is 11.7 Å². The summed E-state index contributed by atoms with van der Waals surface area (Å²) in [6.07, 6.45) is -0.752. The average molecular weight is 429 g/mol. The lowest BCUT2D eigenvalue weighted by Crippen LogP contribution is -2.52. The van der Waals surface area contributed by atoms with Gasteiger partial charge in [-0.2, -0.15) is 4.98 Å². The number of carbonyl (C=O) groups excluding carboxylic acids is 1. The first-order chi connectivity index (χ1) is 15.0. The van der Waals surface area contributed by atoms with Crippen molar-refractivity contribution in [2.45, 2.75) is 20.0 Å². The van der Waals surface area contributed by atoms with E-state index in [1.807, 2.05) is 13.0 Å². The molecule has 2 aliphatic heterocycles. The van der Waals surface area contributed by atoms with Gasteiger partial charge in [-0.1, -0.05) is 12.1 Å². The third-order valence-electron chi connectivity index (χ3n) is 5.53. The molecule has 0 radical (unpaired) electrons. The van der Waals surface area contributed by atoms with Gasteiger partial charge in [-0.25, -0.2) is 9.37 Å². The molecule has 2 fully saturated rings. The lowest BCUT2D eigenvalue weighted by atomic mass is 10.2. The number of anilines is 2. The smallest absolute Gasteiger partial charge is 0.263 e. The third kappa shape index (κ3) is 5.04. The highest BCUT2D eigenvalue weighted by Gasteiger charge is 2.27. The third-order valence-corrected chi connectivity index (χ3v) is 5.53. The van der Waals surface area contributed by atoms with Crippen molar-refractivity contribution in [3.8, 4) is 5.75 Å². The number of rotatable bonds is 5. The molecule has 0 saturated carbocycles. The zero-order valence-corrected chi connectivity index (χ0v) is 18.0. The summed E-state index contributed by atoms with van der Waals surface area (Å²) in [6, 6.07) is 8.10. The monoisotopic (exact) mass is 429 g/mol. The van der Waals surface area contributed by atoms with E-state index >= 15 is 0 Å². The minimum atomic E-state index is -0.752. The number of piperazine rings is 1. The lowest BCUT2D eigenvalue weighted by Gasteiger charge is -2.37. The van der Waals surface area contributed by atoms with Gasteiger partial charge in [-0.3, -0.25) is 4.79 Å². The van der Waals surface area contributed by atoms with Crippen LogP contribution < -0.4 is 14.5 Å². The van der Waals surface area contributed by atoms with Crippen molar-refractivity contribution in [1.82, 2.24) is 14.9 Å². The first-order valence-corrected chi connectivity index (χ1v) is 10.6. The fourth-order valence-electron chi connectivity index (χ4n) is 3.80. The molecule has 1 aromatic heterocycles. The van der Waals surface area contributed by atoms with Gasteiger partial charge in [-0.15, -0.1) is 0 Å². The number of halogens is 1. The SMILES string of the molecule is Cc1cc(N2CCN(C(=O)C(C)Oc3ccccc3F)CC2)nc(N2CCOCC2)n1. The molecule has 3 heterocycles. The number of morpholine rings is 1. The summed E-state index contributed by atoms with van der Waals surface area (Å²) < 4.78 is 24.8. The number of aromatic nitrogens is 2. The van der Waals surface area contributed by atoms with Crippen LogP contribution in [0, 0.1) is 12.7 Å². The number of carbonyl (C=O) groups is 1. The van der Waals surface area contributed by atoms with Crippen LogP contribution in [-0.2, 0) is 9.53 Å². The number of hydrogen-bond acceptors (Lipinski definition) is 7. The first kappa shape index (κ1) is 21.3. The fraction of sp³-hybridized carbons (Fsp3) is 0.500. The topological polar surface area (TPSA) is 71.0 Å². The van der Waals surface area contributed by atoms with Crippen molar-refractivity contribution in [1.29, 1.82) is 0 Å². The van der Waals surface area contributed by atoms with Crippen molar-refractivity contribution in [3.63, 3.8) is 0 Å². The highest BCUT2D eigenvalue weighted by Crippen LogP contribution is 2.21. The zero-order chi connectivity index (χ0) is 21.8. The second-order valence-electron chi connectivity index (χ2n) is 7.77. The van der Waals surface area contributed by atoms with Crippen LogP contribution in [0.15, 0.2) is 30.3 Å². The number of ether oxygens (including phenoxy) is 2. The summed E-state index contributed by atoms with van der Waals surface area (Å²) in [5.74, 6) is 1.08. The largest absolute Gasteiger partial charge is 0.478 e. The minimum absolute atomic E-state index is 0.0917. The van der Waals surface area contributed by atoms with Crippen LogP contribution in [-0.4, -0.2) is 79.4 Å². The Morgan fingerprint density at radius 1 is 1.06 bits per heavy atom. The number of benzene rings is 1. The number of nitrogens with zero attached hydrogens (tertiary/aromatic N) is 5. The molecule has 166 valence electrons. The Hall–Kier alpha value is -2.94. The second kappa shape index (κ2) is 9.47. The van der Waals surface area contributed by atoms with Gasteiger partial charge in [0, 0.05) is 51.0 Å². The van der Waals surface area contributed by atoms with Gasteiger partial charge in [0.25, 0.3) is 5.91 Å². The Morgan fingerprint density at radius 3 is 2.48 bits per heavy atom. The van der Waals surface area contributed by atoms with Crippen molar-refractivity contribution in [3.05, 3.63) is 41.8 Å². The minimum Gasteiger partial charge on any atom is -0.478 e. The van der Waals surface area contributed by atoms with Crippen LogP contribution in [0.1, 0.15) is 12.6 Å². The van der Waals surface area contributed by atoms with Gasteiger partial charge in [-0.05, 0) is 26.0 Å². The fourth-order valence-corrected chi connectivity index (χ4v) is 3.80. The van der Waals surface area contributed by atoms with Crippen LogP contribution in [0.25, 0.3) is 0 Å². The Kier molecular flexibility index (Phi) is 6.50. The van der Waals surface area contributed by atoms with Gasteiger partial charge >= 0.3 is 0 Å². The summed E-state index contributed by atoms with van der Waals surface area (Å²) in [5, 5.41) is 0. The highest BCUT2D eigenvalue weighted by molar-refractivity contribution is 5.81. The lowest BCUT2D eigenvalue weighted by molar-refractivity contribution is -0.138. The first-order valence-electron chi connectivity index (χ1n) is 10.6. The van der Waals surface area contributed by atoms with E-state index in [0.717, 1.165) is 30.5 Å². The Balaban J connectivity index is 1.36. The van der Waals surface area contributed by atoms with E-state index in [9.17, 15) is 9.18 Å². The Bertz CT molecular complexity index is 914. The maximum absolute atomic E-state index is 13.8. The van der Waals surface area contributed by atoms with E-state index in [2.05, 4.69) is 14.8 Å². The molecule has 4 rings (SSSR count). The van der Waals surface area contributed by atoms with E-state index in [1.54, 1.807) is 24.0 Å². The van der Waals surface area contributed by atoms with E-state index in [4.69, 9.17) is 14.5 Å². The summed E-state index contributed by atoms with van der Waals surface area (Å²) in [4.78, 5) is 28.2. The number of para-hydroxylation sites is 1. The van der Waals surface area contributed by atoms with Gasteiger partial charge < -0.3 is 24.2 Å². The Morgan fingerprint density at radius 2 is 1.77 bits per heavy atom. The molecule has 0 aliphatic carbocycles. The number of aryl methyl sites for hydroxylation is 1. The van der Waals surface area contributed by atoms with E-state index in [1.165, 1.54) is 12.1 Å². The van der Waals surface area contributed by atoms with E-state index < -0.39 is 11.9 Å². The quantitative estimate of drug-likeness (QED) is 0.719. The summed E-state index contributed by atoms with van der Waals surface area (Å²) >= 11 is 0. The molecule has 9 heteroatoms. The summed E-state index contributed by atoms with van der Waals surface area (Å²) in [6.45, 7) is 8.99. The standard InChI is InChI=1S/C22H28FN5O3/c1-16-15-20(25-22(24-16)28-11-13-30-14-12-28)26-7-9-27(10-8-26)21(29)17(2)31-19-6-4-3-5-18(19)23/h3-6,15,17H,7-14H2,1-2H3. The molecule has 1 atom stereocenters. The number of hydrogen-bond donors (Lipinski definition) is 0. The number of amides is 1. The molecular formula is C22H28FN5O3. The van der Waals surface area contributed by atoms with Crippen molar-refractivity contribution in [2.24, 2.45) is 0 Å². The molecule has 0 N–H and O–H groups in total. The predicted octanol–water partition coefficient (Wildman–Crippen LogP) is 1.88. The van der Waals surface area contributed by atoms with E-state index in [0.29, 0.717) is 39.4 Å². The maximum Gasteiger partial charge on any atom is 0.263 e. The van der Waals surface area contributed by atoms with Crippen LogP contribution in [0.2, 0.25) is 0 Å². The van der Waals surface area contributed by atoms with Gasteiger partial charge in [0.1, 0.15) is 5.82 Å². The van der Waals surface area contributed by atoms with Gasteiger partial charge in [0.05, 0.1) is 13.2 Å². The molecule has 0 spiro atoms. The van der Waals surface area contributed by atoms with Crippen molar-refractivity contribution >= 4 is 17.7 Å². The van der Waals surface area contributed by atoms with Crippen LogP contribution in [0.4, 0.5) is 16.2 Å². The highest BCUT2D eigenvalue weighted by atomic mass is 19.1. The molecule has 8 nitrogen and oxygen atoms in total. The molecule has 1 aromatic carbocycles. The van der Waals surface area contributed by atoms with Gasteiger partial charge in [0.15, 0.2) is 17.7 Å². The Labute approximate surface area is 181 Å². The molecule has 2 aliphatic rings. The second-order valence-corrected chi connectivity index (χ2v) is 7.77. The molecule has 31 heavy (non-hydrogen) atoms. The van der Waals surface area contributed by atoms with Crippen molar-refractivity contribution < 1.29 is 18.7 Å². The maximum atomic E-state index is 13.8. The van der Waals surface area contributed by atoms with Crippen LogP contribution in [0.3, 0.4) is 0 Å². The zero-order valence-electron chi connectivity index (χ0n) is 18.0. The molecule has 1 unspecified atom stereocenters. The van der Waals surface area contributed by atoms with Crippen LogP contribution >= 0.6 is 0 Å². The normalized spacial score (nSPS) is 18.1. The predicted molar refractivity (Wildman–Crippen MR) is 115 cm³/mol. The molecule has 2 aromatic rings. The van der Waals surface area contributed by atoms with Crippen molar-refractivity contribution in [2.75, 3.05) is 62.3 Å². The molecule has 0 bridgehead atoms. The average Bonchev–Trinajstić information content (AvgIpc) is 2.80. The van der Waals surface area contributed by atoms with Crippen LogP contribution in [0.5, 0.6) is 5.75 Å². The summed E-state index contributed by atoms with van der Waals surface area (Å²) in [7, 11) is 0.